The van der Waals surface area contributed by atoms with E-state index in [1.54, 1.807) is 0 Å². The van der Waals surface area contributed by atoms with Crippen molar-refractivity contribution < 1.29 is 9.53 Å². The lowest BCUT2D eigenvalue weighted by molar-refractivity contribution is -0.119. The van der Waals surface area contributed by atoms with E-state index in [-0.39, 0.29) is 11.8 Å². The van der Waals surface area contributed by atoms with Crippen LogP contribution < -0.4 is 10.1 Å². The smallest absolute Gasteiger partial charge is 0.230 e. The van der Waals surface area contributed by atoms with E-state index >= 15 is 0 Å². The summed E-state index contributed by atoms with van der Waals surface area (Å²) in [6.07, 6.45) is 0.661. The van der Waals surface area contributed by atoms with E-state index in [0.29, 0.717) is 24.7 Å². The van der Waals surface area contributed by atoms with Gasteiger partial charge in [0.05, 0.1) is 6.61 Å². The molecule has 0 spiro atoms. The van der Waals surface area contributed by atoms with E-state index in [9.17, 15) is 4.79 Å². The van der Waals surface area contributed by atoms with Gasteiger partial charge in [-0.2, -0.15) is 0 Å². The lowest BCUT2D eigenvalue weighted by atomic mass is 10.1. The number of ether oxygens (including phenoxy) is 1. The predicted octanol–water partition coefficient (Wildman–Crippen LogP) is 2.91. The van der Waals surface area contributed by atoms with Gasteiger partial charge >= 0.3 is 0 Å². The minimum atomic E-state index is -0.102. The Labute approximate surface area is 153 Å². The van der Waals surface area contributed by atoms with Crippen molar-refractivity contribution >= 4 is 22.4 Å². The Kier molecular flexibility index (Phi) is 6.90. The molecule has 6 nitrogen and oxygen atoms in total. The largest absolute Gasteiger partial charge is 0.493 e. The summed E-state index contributed by atoms with van der Waals surface area (Å²) in [4.78, 5) is 14.1. The maximum absolute atomic E-state index is 12.1. The number of amides is 1. The number of rotatable bonds is 8. The van der Waals surface area contributed by atoms with Crippen LogP contribution in [0.1, 0.15) is 23.1 Å². The number of aryl methyl sites for hydroxylation is 2. The van der Waals surface area contributed by atoms with Crippen LogP contribution in [0.5, 0.6) is 5.75 Å². The second kappa shape index (κ2) is 8.92. The molecule has 0 aliphatic carbocycles. The van der Waals surface area contributed by atoms with Crippen molar-refractivity contribution in [3.63, 3.8) is 0 Å². The fourth-order valence-electron chi connectivity index (χ4n) is 2.38. The van der Waals surface area contributed by atoms with Gasteiger partial charge in [0.1, 0.15) is 10.8 Å². The summed E-state index contributed by atoms with van der Waals surface area (Å²) >= 11 is 1.39. The maximum Gasteiger partial charge on any atom is 0.230 e. The number of nitrogens with one attached hydrogen (secondary N) is 1. The molecule has 1 amide bonds. The van der Waals surface area contributed by atoms with E-state index < -0.39 is 0 Å². The quantitative estimate of drug-likeness (QED) is 0.782. The van der Waals surface area contributed by atoms with Crippen LogP contribution in [0.25, 0.3) is 0 Å². The summed E-state index contributed by atoms with van der Waals surface area (Å²) in [6, 6.07) is 6.16. The van der Waals surface area contributed by atoms with E-state index in [4.69, 9.17) is 4.74 Å². The molecule has 2 aromatic rings. The number of anilines is 1. The van der Waals surface area contributed by atoms with Gasteiger partial charge < -0.3 is 15.0 Å². The Morgan fingerprint density at radius 1 is 1.32 bits per heavy atom. The molecule has 136 valence electrons. The highest BCUT2D eigenvalue weighted by Crippen LogP contribution is 2.20. The molecule has 0 radical (unpaired) electrons. The van der Waals surface area contributed by atoms with Crippen molar-refractivity contribution in [1.82, 2.24) is 15.1 Å². The number of nitrogens with zero attached hydrogens (tertiary/aromatic N) is 3. The molecule has 1 heterocycles. The SMILES string of the molecule is Cc1ccc(C)c(OCCc2nnc(NC(=O)C(C)CN(C)C)s2)c1. The van der Waals surface area contributed by atoms with Crippen molar-refractivity contribution in [1.29, 1.82) is 0 Å². The van der Waals surface area contributed by atoms with Crippen LogP contribution in [-0.4, -0.2) is 48.3 Å². The lowest BCUT2D eigenvalue weighted by Gasteiger charge is -2.15. The highest BCUT2D eigenvalue weighted by molar-refractivity contribution is 7.15. The molecule has 25 heavy (non-hydrogen) atoms. The molecule has 1 aromatic heterocycles. The number of hydrogen-bond donors (Lipinski definition) is 1. The molecule has 1 atom stereocenters. The lowest BCUT2D eigenvalue weighted by Crippen LogP contribution is -2.29. The molecule has 0 saturated heterocycles. The summed E-state index contributed by atoms with van der Waals surface area (Å²) in [6.45, 7) is 7.20. The Hall–Kier alpha value is -1.99. The molecule has 2 rings (SSSR count). The summed E-state index contributed by atoms with van der Waals surface area (Å²) in [5.41, 5.74) is 2.29. The van der Waals surface area contributed by atoms with Gasteiger partial charge in [-0.3, -0.25) is 4.79 Å². The van der Waals surface area contributed by atoms with Crippen LogP contribution in [0.2, 0.25) is 0 Å². The number of carbonyl (C=O) groups is 1. The monoisotopic (exact) mass is 362 g/mol. The van der Waals surface area contributed by atoms with Gasteiger partial charge in [0, 0.05) is 18.9 Å². The zero-order valence-corrected chi connectivity index (χ0v) is 16.3. The topological polar surface area (TPSA) is 67.4 Å². The molecule has 7 heteroatoms. The van der Waals surface area contributed by atoms with Crippen molar-refractivity contribution in [2.75, 3.05) is 32.6 Å². The molecule has 1 aromatic carbocycles. The maximum atomic E-state index is 12.1. The normalized spacial score (nSPS) is 12.2. The summed E-state index contributed by atoms with van der Waals surface area (Å²) in [7, 11) is 3.89. The fourth-order valence-corrected chi connectivity index (χ4v) is 3.10. The third-order valence-corrected chi connectivity index (χ3v) is 4.60. The first-order valence-electron chi connectivity index (χ1n) is 8.33. The average Bonchev–Trinajstić information content (AvgIpc) is 2.97. The number of benzene rings is 1. The Balaban J connectivity index is 1.83. The van der Waals surface area contributed by atoms with Crippen molar-refractivity contribution in [3.05, 3.63) is 34.3 Å². The Morgan fingerprint density at radius 3 is 2.80 bits per heavy atom. The molecule has 0 bridgehead atoms. The van der Waals surface area contributed by atoms with Gasteiger partial charge in [0.2, 0.25) is 11.0 Å². The first kappa shape index (κ1) is 19.3. The van der Waals surface area contributed by atoms with Crippen molar-refractivity contribution in [2.45, 2.75) is 27.2 Å². The van der Waals surface area contributed by atoms with Crippen LogP contribution >= 0.6 is 11.3 Å². The van der Waals surface area contributed by atoms with E-state index in [2.05, 4.69) is 27.6 Å². The van der Waals surface area contributed by atoms with Crippen molar-refractivity contribution in [3.8, 4) is 5.75 Å². The summed E-state index contributed by atoms with van der Waals surface area (Å²) in [5.74, 6) is 0.758. The van der Waals surface area contributed by atoms with Crippen LogP contribution in [0, 0.1) is 19.8 Å². The van der Waals surface area contributed by atoms with Gasteiger partial charge in [-0.05, 0) is 45.1 Å². The van der Waals surface area contributed by atoms with Crippen LogP contribution in [0.15, 0.2) is 18.2 Å². The minimum Gasteiger partial charge on any atom is -0.493 e. The highest BCUT2D eigenvalue weighted by Gasteiger charge is 2.16. The molecule has 0 aliphatic heterocycles. The van der Waals surface area contributed by atoms with Crippen LogP contribution in [-0.2, 0) is 11.2 Å². The molecule has 0 saturated carbocycles. The molecule has 1 N–H and O–H groups in total. The number of aromatic nitrogens is 2. The first-order valence-corrected chi connectivity index (χ1v) is 9.15. The molecular formula is C18H26N4O2S. The van der Waals surface area contributed by atoms with Crippen molar-refractivity contribution in [2.24, 2.45) is 5.92 Å². The van der Waals surface area contributed by atoms with Crippen LogP contribution in [0.4, 0.5) is 5.13 Å². The predicted molar refractivity (Wildman–Crippen MR) is 101 cm³/mol. The second-order valence-corrected chi connectivity index (χ2v) is 7.58. The molecule has 0 fully saturated rings. The summed E-state index contributed by atoms with van der Waals surface area (Å²) < 4.78 is 5.84. The van der Waals surface area contributed by atoms with Gasteiger partial charge in [0.25, 0.3) is 0 Å². The number of carbonyl (C=O) groups excluding carboxylic acids is 1. The van der Waals surface area contributed by atoms with Gasteiger partial charge in [-0.25, -0.2) is 0 Å². The van der Waals surface area contributed by atoms with Gasteiger partial charge in [0.15, 0.2) is 0 Å². The molecule has 0 aliphatic rings. The highest BCUT2D eigenvalue weighted by atomic mass is 32.1. The zero-order valence-electron chi connectivity index (χ0n) is 15.5. The Bertz CT molecular complexity index is 715. The standard InChI is InChI=1S/C18H26N4O2S/c1-12-6-7-13(2)15(10-12)24-9-8-16-20-21-18(25-16)19-17(23)14(3)11-22(4)5/h6-7,10,14H,8-9,11H2,1-5H3,(H,19,21,23). The molecular weight excluding hydrogens is 336 g/mol. The third-order valence-electron chi connectivity index (χ3n) is 3.70. The number of hydrogen-bond acceptors (Lipinski definition) is 6. The fraction of sp³-hybridized carbons (Fsp3) is 0.500. The van der Waals surface area contributed by atoms with E-state index in [1.165, 1.54) is 16.9 Å². The summed E-state index contributed by atoms with van der Waals surface area (Å²) in [5, 5.41) is 12.4. The van der Waals surface area contributed by atoms with E-state index in [1.807, 2.05) is 45.8 Å². The third kappa shape index (κ3) is 6.10. The second-order valence-electron chi connectivity index (χ2n) is 6.52. The van der Waals surface area contributed by atoms with Gasteiger partial charge in [-0.15, -0.1) is 10.2 Å². The van der Waals surface area contributed by atoms with Crippen LogP contribution in [0.3, 0.4) is 0 Å². The zero-order chi connectivity index (χ0) is 18.4. The first-order chi connectivity index (χ1) is 11.8. The minimum absolute atomic E-state index is 0.0389. The van der Waals surface area contributed by atoms with E-state index in [0.717, 1.165) is 16.3 Å². The molecule has 1 unspecified atom stereocenters. The average molecular weight is 362 g/mol. The van der Waals surface area contributed by atoms with Gasteiger partial charge in [-0.1, -0.05) is 30.4 Å². The Morgan fingerprint density at radius 2 is 2.08 bits per heavy atom.